The Morgan fingerprint density at radius 1 is 1.62 bits per heavy atom. The van der Waals surface area contributed by atoms with Crippen LogP contribution in [0.1, 0.15) is 22.8 Å². The summed E-state index contributed by atoms with van der Waals surface area (Å²) >= 11 is 0. The standard InChI is InChI=1S/C9H10FNO2/c1-2-5-6(9(12)13)3-4-7(11)8(5)10/h3-4H,2,11H2,1H3,(H,12,13). The Kier molecular flexibility index (Phi) is 2.51. The molecule has 0 aliphatic rings. The first-order valence-electron chi connectivity index (χ1n) is 3.88. The lowest BCUT2D eigenvalue weighted by atomic mass is 10.0. The van der Waals surface area contributed by atoms with Crippen LogP contribution in [0.2, 0.25) is 0 Å². The Bertz CT molecular complexity index is 350. The number of halogens is 1. The SMILES string of the molecule is CCc1c(C(=O)O)ccc(N)c1F. The Balaban J connectivity index is 3.38. The van der Waals surface area contributed by atoms with Gasteiger partial charge in [-0.2, -0.15) is 0 Å². The van der Waals surface area contributed by atoms with Gasteiger partial charge < -0.3 is 10.8 Å². The molecule has 0 atom stereocenters. The van der Waals surface area contributed by atoms with Gasteiger partial charge in [0.15, 0.2) is 0 Å². The summed E-state index contributed by atoms with van der Waals surface area (Å²) in [7, 11) is 0. The van der Waals surface area contributed by atoms with Crippen molar-refractivity contribution in [3.63, 3.8) is 0 Å². The van der Waals surface area contributed by atoms with Crippen molar-refractivity contribution in [3.05, 3.63) is 29.1 Å². The largest absolute Gasteiger partial charge is 0.478 e. The van der Waals surface area contributed by atoms with Crippen molar-refractivity contribution >= 4 is 11.7 Å². The van der Waals surface area contributed by atoms with Crippen molar-refractivity contribution in [2.24, 2.45) is 0 Å². The molecular formula is C9H10FNO2. The second-order valence-electron chi connectivity index (χ2n) is 2.65. The van der Waals surface area contributed by atoms with E-state index in [0.717, 1.165) is 0 Å². The molecule has 0 aromatic heterocycles. The lowest BCUT2D eigenvalue weighted by molar-refractivity contribution is 0.0695. The van der Waals surface area contributed by atoms with Gasteiger partial charge in [0, 0.05) is 5.56 Å². The number of carbonyl (C=O) groups is 1. The molecular weight excluding hydrogens is 173 g/mol. The third-order valence-corrected chi connectivity index (χ3v) is 1.86. The van der Waals surface area contributed by atoms with E-state index in [-0.39, 0.29) is 16.8 Å². The summed E-state index contributed by atoms with van der Waals surface area (Å²) in [6, 6.07) is 2.58. The fourth-order valence-corrected chi connectivity index (χ4v) is 1.19. The number of hydrogen-bond donors (Lipinski definition) is 2. The number of anilines is 1. The van der Waals surface area contributed by atoms with E-state index in [4.69, 9.17) is 10.8 Å². The normalized spacial score (nSPS) is 10.0. The molecule has 0 fully saturated rings. The molecule has 0 heterocycles. The van der Waals surface area contributed by atoms with Gasteiger partial charge in [-0.05, 0) is 18.6 Å². The summed E-state index contributed by atoms with van der Waals surface area (Å²) in [5.74, 6) is -1.75. The molecule has 3 N–H and O–H groups in total. The zero-order valence-electron chi connectivity index (χ0n) is 7.17. The van der Waals surface area contributed by atoms with Gasteiger partial charge in [0.1, 0.15) is 5.82 Å². The van der Waals surface area contributed by atoms with Crippen LogP contribution in [0.3, 0.4) is 0 Å². The predicted octanol–water partition coefficient (Wildman–Crippen LogP) is 1.67. The van der Waals surface area contributed by atoms with E-state index in [1.807, 2.05) is 0 Å². The van der Waals surface area contributed by atoms with Crippen LogP contribution in [0.5, 0.6) is 0 Å². The summed E-state index contributed by atoms with van der Waals surface area (Å²) in [5, 5.41) is 8.70. The third kappa shape index (κ3) is 1.61. The molecule has 0 radical (unpaired) electrons. The molecule has 1 aromatic carbocycles. The molecule has 0 saturated carbocycles. The van der Waals surface area contributed by atoms with Gasteiger partial charge in [0.05, 0.1) is 11.3 Å². The number of aromatic carboxylic acids is 1. The maximum atomic E-state index is 13.2. The quantitative estimate of drug-likeness (QED) is 0.685. The lowest BCUT2D eigenvalue weighted by Crippen LogP contribution is -2.06. The summed E-state index contributed by atoms with van der Waals surface area (Å²) < 4.78 is 13.2. The molecule has 0 amide bonds. The summed E-state index contributed by atoms with van der Waals surface area (Å²) in [5.41, 5.74) is 5.43. The molecule has 0 aliphatic heterocycles. The van der Waals surface area contributed by atoms with Gasteiger partial charge in [0.2, 0.25) is 0 Å². The summed E-state index contributed by atoms with van der Waals surface area (Å²) in [4.78, 5) is 10.6. The number of hydrogen-bond acceptors (Lipinski definition) is 2. The van der Waals surface area contributed by atoms with Crippen LogP contribution >= 0.6 is 0 Å². The predicted molar refractivity (Wildman–Crippen MR) is 47.1 cm³/mol. The highest BCUT2D eigenvalue weighted by atomic mass is 19.1. The van der Waals surface area contributed by atoms with E-state index in [0.29, 0.717) is 6.42 Å². The molecule has 0 spiro atoms. The van der Waals surface area contributed by atoms with Gasteiger partial charge in [-0.1, -0.05) is 6.92 Å². The number of nitrogen functional groups attached to an aromatic ring is 1. The minimum absolute atomic E-state index is 0.0122. The van der Waals surface area contributed by atoms with Crippen LogP contribution in [-0.2, 0) is 6.42 Å². The Labute approximate surface area is 75.0 Å². The topological polar surface area (TPSA) is 63.3 Å². The van der Waals surface area contributed by atoms with Crippen LogP contribution in [0.4, 0.5) is 10.1 Å². The van der Waals surface area contributed by atoms with E-state index in [2.05, 4.69) is 0 Å². The van der Waals surface area contributed by atoms with Gasteiger partial charge in [-0.15, -0.1) is 0 Å². The van der Waals surface area contributed by atoms with E-state index in [1.165, 1.54) is 12.1 Å². The van der Waals surface area contributed by atoms with Gasteiger partial charge >= 0.3 is 5.97 Å². The van der Waals surface area contributed by atoms with Crippen molar-refractivity contribution < 1.29 is 14.3 Å². The van der Waals surface area contributed by atoms with Crippen molar-refractivity contribution in [3.8, 4) is 0 Å². The summed E-state index contributed by atoms with van der Waals surface area (Å²) in [6.45, 7) is 1.68. The third-order valence-electron chi connectivity index (χ3n) is 1.86. The zero-order valence-corrected chi connectivity index (χ0v) is 7.17. The van der Waals surface area contributed by atoms with Crippen LogP contribution in [0, 0.1) is 5.82 Å². The maximum Gasteiger partial charge on any atom is 0.336 e. The van der Waals surface area contributed by atoms with Crippen molar-refractivity contribution in [1.29, 1.82) is 0 Å². The van der Waals surface area contributed by atoms with E-state index in [1.54, 1.807) is 6.92 Å². The Hall–Kier alpha value is -1.58. The highest BCUT2D eigenvalue weighted by Crippen LogP contribution is 2.20. The van der Waals surface area contributed by atoms with E-state index in [9.17, 15) is 9.18 Å². The number of rotatable bonds is 2. The van der Waals surface area contributed by atoms with Crippen LogP contribution in [0.25, 0.3) is 0 Å². The van der Waals surface area contributed by atoms with E-state index < -0.39 is 11.8 Å². The van der Waals surface area contributed by atoms with Crippen molar-refractivity contribution in [1.82, 2.24) is 0 Å². The number of nitrogens with two attached hydrogens (primary N) is 1. The molecule has 1 rings (SSSR count). The number of carboxylic acid groups (broad SMARTS) is 1. The second-order valence-corrected chi connectivity index (χ2v) is 2.65. The Morgan fingerprint density at radius 2 is 2.23 bits per heavy atom. The molecule has 0 unspecified atom stereocenters. The molecule has 13 heavy (non-hydrogen) atoms. The van der Waals surface area contributed by atoms with Gasteiger partial charge in [-0.3, -0.25) is 0 Å². The minimum atomic E-state index is -1.13. The minimum Gasteiger partial charge on any atom is -0.478 e. The maximum absolute atomic E-state index is 13.2. The number of benzene rings is 1. The van der Waals surface area contributed by atoms with Crippen LogP contribution < -0.4 is 5.73 Å². The molecule has 4 heteroatoms. The molecule has 70 valence electrons. The monoisotopic (exact) mass is 183 g/mol. The van der Waals surface area contributed by atoms with Crippen molar-refractivity contribution in [2.45, 2.75) is 13.3 Å². The number of carboxylic acids is 1. The molecule has 3 nitrogen and oxygen atoms in total. The fraction of sp³-hybridized carbons (Fsp3) is 0.222. The first-order valence-corrected chi connectivity index (χ1v) is 3.88. The van der Waals surface area contributed by atoms with E-state index >= 15 is 0 Å². The first kappa shape index (κ1) is 9.51. The van der Waals surface area contributed by atoms with Crippen LogP contribution in [0.15, 0.2) is 12.1 Å². The average molecular weight is 183 g/mol. The first-order chi connectivity index (χ1) is 6.07. The average Bonchev–Trinajstić information content (AvgIpc) is 2.09. The Morgan fingerprint density at radius 3 is 2.69 bits per heavy atom. The van der Waals surface area contributed by atoms with Crippen molar-refractivity contribution in [2.75, 3.05) is 5.73 Å². The van der Waals surface area contributed by atoms with Gasteiger partial charge in [-0.25, -0.2) is 9.18 Å². The highest BCUT2D eigenvalue weighted by molar-refractivity contribution is 5.90. The molecule has 0 bridgehead atoms. The summed E-state index contributed by atoms with van der Waals surface area (Å²) in [6.07, 6.45) is 0.318. The zero-order chi connectivity index (χ0) is 10.0. The highest BCUT2D eigenvalue weighted by Gasteiger charge is 2.14. The second kappa shape index (κ2) is 3.43. The van der Waals surface area contributed by atoms with Crippen LogP contribution in [-0.4, -0.2) is 11.1 Å². The fourth-order valence-electron chi connectivity index (χ4n) is 1.19. The molecule has 0 aliphatic carbocycles. The molecule has 1 aromatic rings. The molecule has 0 saturated heterocycles. The smallest absolute Gasteiger partial charge is 0.336 e. The van der Waals surface area contributed by atoms with Gasteiger partial charge in [0.25, 0.3) is 0 Å². The lowest BCUT2D eigenvalue weighted by Gasteiger charge is -2.06.